The van der Waals surface area contributed by atoms with Crippen molar-refractivity contribution in [1.29, 1.82) is 0 Å². The maximum atomic E-state index is 12.9. The molecule has 0 spiro atoms. The fourth-order valence-electron chi connectivity index (χ4n) is 2.17. The van der Waals surface area contributed by atoms with Gasteiger partial charge in [0.15, 0.2) is 0 Å². The van der Waals surface area contributed by atoms with Crippen LogP contribution in [0, 0.1) is 0 Å². The van der Waals surface area contributed by atoms with Crippen molar-refractivity contribution in [3.05, 3.63) is 47.4 Å². The van der Waals surface area contributed by atoms with Gasteiger partial charge in [0.1, 0.15) is 10.7 Å². The van der Waals surface area contributed by atoms with Crippen LogP contribution in [0.2, 0.25) is 5.02 Å². The molecule has 0 N–H and O–H groups in total. The number of rotatable bonds is 2. The van der Waals surface area contributed by atoms with Gasteiger partial charge in [0.05, 0.1) is 16.8 Å². The molecule has 0 fully saturated rings. The molecule has 0 radical (unpaired) electrons. The van der Waals surface area contributed by atoms with Crippen LogP contribution in [-0.2, 0) is 6.18 Å². The third-order valence-electron chi connectivity index (χ3n) is 3.31. The van der Waals surface area contributed by atoms with Crippen molar-refractivity contribution in [3.63, 3.8) is 0 Å². The summed E-state index contributed by atoms with van der Waals surface area (Å²) in [7, 11) is 0. The van der Waals surface area contributed by atoms with Gasteiger partial charge in [0.25, 0.3) is 0 Å². The molecule has 0 unspecified atom stereocenters. The molecular weight excluding hydrogens is 377 g/mol. The number of benzene rings is 1. The highest BCUT2D eigenvalue weighted by atomic mass is 35.5. The zero-order valence-corrected chi connectivity index (χ0v) is 13.6. The Kier molecular flexibility index (Phi) is 3.65. The van der Waals surface area contributed by atoms with Crippen molar-refractivity contribution in [2.75, 3.05) is 0 Å². The molecule has 0 saturated carbocycles. The second-order valence-corrected chi connectivity index (χ2v) is 6.27. The smallest absolute Gasteiger partial charge is 0.261 e. The van der Waals surface area contributed by atoms with Gasteiger partial charge >= 0.3 is 6.18 Å². The SMILES string of the molecule is FC(F)(F)c1ccc(Cl)c(-c2nn3c(-c4cnccn4)nnc3s2)c1. The Morgan fingerprint density at radius 3 is 2.68 bits per heavy atom. The maximum Gasteiger partial charge on any atom is 0.416 e. The minimum absolute atomic E-state index is 0.166. The molecule has 126 valence electrons. The van der Waals surface area contributed by atoms with E-state index in [0.717, 1.165) is 23.5 Å². The third-order valence-corrected chi connectivity index (χ3v) is 4.57. The second kappa shape index (κ2) is 5.74. The Bertz CT molecular complexity index is 1060. The molecule has 0 aliphatic heterocycles. The van der Waals surface area contributed by atoms with E-state index in [1.165, 1.54) is 29.2 Å². The molecule has 0 bridgehead atoms. The Balaban J connectivity index is 1.85. The van der Waals surface area contributed by atoms with Gasteiger partial charge in [-0.1, -0.05) is 22.9 Å². The summed E-state index contributed by atoms with van der Waals surface area (Å²) < 4.78 is 40.2. The predicted molar refractivity (Wildman–Crippen MR) is 85.1 cm³/mol. The largest absolute Gasteiger partial charge is 0.416 e. The van der Waals surface area contributed by atoms with Gasteiger partial charge in [-0.05, 0) is 18.2 Å². The summed E-state index contributed by atoms with van der Waals surface area (Å²) >= 11 is 7.14. The van der Waals surface area contributed by atoms with Crippen molar-refractivity contribution in [1.82, 2.24) is 29.8 Å². The Morgan fingerprint density at radius 1 is 1.12 bits per heavy atom. The number of aromatic nitrogens is 6. The van der Waals surface area contributed by atoms with Crippen LogP contribution in [-0.4, -0.2) is 29.8 Å². The first-order valence-electron chi connectivity index (χ1n) is 6.79. The standard InChI is InChI=1S/C14H6ClF3N6S/c15-9-2-1-7(14(16,17)18)5-8(9)12-23-24-11(21-22-13(24)25-12)10-6-19-3-4-20-10/h1-6H. The lowest BCUT2D eigenvalue weighted by atomic mass is 10.1. The lowest BCUT2D eigenvalue weighted by Gasteiger charge is -2.08. The van der Waals surface area contributed by atoms with Crippen molar-refractivity contribution >= 4 is 27.9 Å². The van der Waals surface area contributed by atoms with Gasteiger partial charge in [-0.3, -0.25) is 4.98 Å². The molecule has 4 rings (SSSR count). The summed E-state index contributed by atoms with van der Waals surface area (Å²) in [4.78, 5) is 8.48. The van der Waals surface area contributed by atoms with Crippen LogP contribution in [0.4, 0.5) is 13.2 Å². The number of fused-ring (bicyclic) bond motifs is 1. The molecule has 4 aromatic rings. The van der Waals surface area contributed by atoms with E-state index >= 15 is 0 Å². The fraction of sp³-hybridized carbons (Fsp3) is 0.0714. The van der Waals surface area contributed by atoms with E-state index < -0.39 is 11.7 Å². The molecule has 3 heterocycles. The Morgan fingerprint density at radius 2 is 1.96 bits per heavy atom. The number of alkyl halides is 3. The minimum Gasteiger partial charge on any atom is -0.261 e. The van der Waals surface area contributed by atoms with Crippen LogP contribution >= 0.6 is 22.9 Å². The van der Waals surface area contributed by atoms with Gasteiger partial charge in [-0.25, -0.2) is 4.98 Å². The second-order valence-electron chi connectivity index (χ2n) is 4.91. The average Bonchev–Trinajstić information content (AvgIpc) is 3.15. The number of hydrogen-bond acceptors (Lipinski definition) is 6. The summed E-state index contributed by atoms with van der Waals surface area (Å²) in [5.41, 5.74) is -0.175. The van der Waals surface area contributed by atoms with Gasteiger partial charge in [0.2, 0.25) is 10.8 Å². The molecule has 0 saturated heterocycles. The predicted octanol–water partition coefficient (Wildman–Crippen LogP) is 3.98. The molecule has 11 heteroatoms. The molecule has 3 aromatic heterocycles. The van der Waals surface area contributed by atoms with Crippen LogP contribution in [0.5, 0.6) is 0 Å². The first kappa shape index (κ1) is 15.9. The highest BCUT2D eigenvalue weighted by Gasteiger charge is 2.31. The zero-order chi connectivity index (χ0) is 17.6. The van der Waals surface area contributed by atoms with E-state index in [4.69, 9.17) is 11.6 Å². The summed E-state index contributed by atoms with van der Waals surface area (Å²) in [6.45, 7) is 0. The molecule has 0 aliphatic carbocycles. The lowest BCUT2D eigenvalue weighted by Crippen LogP contribution is -2.04. The quantitative estimate of drug-likeness (QED) is 0.524. The summed E-state index contributed by atoms with van der Waals surface area (Å²) in [5, 5.41) is 12.7. The fourth-order valence-corrected chi connectivity index (χ4v) is 3.30. The first-order valence-corrected chi connectivity index (χ1v) is 7.98. The topological polar surface area (TPSA) is 68.9 Å². The highest BCUT2D eigenvalue weighted by Crippen LogP contribution is 2.37. The van der Waals surface area contributed by atoms with Crippen LogP contribution in [0.15, 0.2) is 36.8 Å². The molecule has 0 aliphatic rings. The van der Waals surface area contributed by atoms with E-state index in [1.54, 1.807) is 0 Å². The Hall–Kier alpha value is -2.59. The van der Waals surface area contributed by atoms with Gasteiger partial charge < -0.3 is 0 Å². The van der Waals surface area contributed by atoms with Crippen molar-refractivity contribution in [3.8, 4) is 22.1 Å². The van der Waals surface area contributed by atoms with Gasteiger partial charge in [-0.2, -0.15) is 22.8 Å². The van der Waals surface area contributed by atoms with E-state index in [1.807, 2.05) is 0 Å². The zero-order valence-electron chi connectivity index (χ0n) is 12.1. The van der Waals surface area contributed by atoms with Crippen LogP contribution in [0.25, 0.3) is 27.1 Å². The van der Waals surface area contributed by atoms with Crippen molar-refractivity contribution in [2.24, 2.45) is 0 Å². The number of halogens is 4. The van der Waals surface area contributed by atoms with E-state index in [9.17, 15) is 13.2 Å². The van der Waals surface area contributed by atoms with Crippen molar-refractivity contribution in [2.45, 2.75) is 6.18 Å². The summed E-state index contributed by atoms with van der Waals surface area (Å²) in [5.74, 6) is 0.341. The normalized spacial score (nSPS) is 12.0. The van der Waals surface area contributed by atoms with E-state index in [2.05, 4.69) is 25.3 Å². The van der Waals surface area contributed by atoms with Gasteiger partial charge in [-0.15, -0.1) is 10.2 Å². The molecule has 0 amide bonds. The number of hydrogen-bond donors (Lipinski definition) is 0. The molecule has 6 nitrogen and oxygen atoms in total. The average molecular weight is 383 g/mol. The first-order chi connectivity index (χ1) is 11.9. The minimum atomic E-state index is -4.47. The van der Waals surface area contributed by atoms with E-state index in [0.29, 0.717) is 21.5 Å². The van der Waals surface area contributed by atoms with Gasteiger partial charge in [0, 0.05) is 18.0 Å². The van der Waals surface area contributed by atoms with E-state index in [-0.39, 0.29) is 10.6 Å². The number of nitrogens with zero attached hydrogens (tertiary/aromatic N) is 6. The summed E-state index contributed by atoms with van der Waals surface area (Å²) in [6, 6.07) is 3.10. The van der Waals surface area contributed by atoms with Crippen molar-refractivity contribution < 1.29 is 13.2 Å². The maximum absolute atomic E-state index is 12.9. The Labute approximate surface area is 147 Å². The highest BCUT2D eigenvalue weighted by molar-refractivity contribution is 7.19. The molecule has 1 aromatic carbocycles. The van der Waals surface area contributed by atoms with Crippen LogP contribution in [0.3, 0.4) is 0 Å². The molecular formula is C14H6ClF3N6S. The summed E-state index contributed by atoms with van der Waals surface area (Å²) in [6.07, 6.45) is 0.0276. The lowest BCUT2D eigenvalue weighted by molar-refractivity contribution is -0.137. The molecule has 0 atom stereocenters. The molecule has 25 heavy (non-hydrogen) atoms. The monoisotopic (exact) mass is 382 g/mol. The van der Waals surface area contributed by atoms with Crippen LogP contribution in [0.1, 0.15) is 5.56 Å². The van der Waals surface area contributed by atoms with Crippen LogP contribution < -0.4 is 0 Å². The third kappa shape index (κ3) is 2.83.